The molecule has 2 N–H and O–H groups in total. The molecule has 1 aromatic heterocycles. The Morgan fingerprint density at radius 3 is 2.78 bits per heavy atom. The zero-order valence-electron chi connectivity index (χ0n) is 18.2. The highest BCUT2D eigenvalue weighted by molar-refractivity contribution is 5.78. The van der Waals surface area contributed by atoms with Gasteiger partial charge in [0.05, 0.1) is 12.2 Å². The zero-order valence-corrected chi connectivity index (χ0v) is 18.2. The Hall–Kier alpha value is -2.55. The lowest BCUT2D eigenvalue weighted by Gasteiger charge is -2.32. The summed E-state index contributed by atoms with van der Waals surface area (Å²) in [6, 6.07) is 9.93. The average Bonchev–Trinajstić information content (AvgIpc) is 3.39. The maximum Gasteiger partial charge on any atom is 0.410 e. The fourth-order valence-corrected chi connectivity index (χ4v) is 4.60. The van der Waals surface area contributed by atoms with E-state index in [0.29, 0.717) is 37.6 Å². The predicted octanol–water partition coefficient (Wildman–Crippen LogP) is 3.73. The lowest BCUT2D eigenvalue weighted by atomic mass is 10.0. The summed E-state index contributed by atoms with van der Waals surface area (Å²) in [6.45, 7) is 4.11. The second-order valence-electron chi connectivity index (χ2n) is 8.75. The number of hydrogen-bond donors (Lipinski definition) is 2. The van der Waals surface area contributed by atoms with E-state index < -0.39 is 12.2 Å². The number of nitrogens with one attached hydrogen (secondary N) is 2. The molecule has 0 saturated carbocycles. The van der Waals surface area contributed by atoms with Gasteiger partial charge >= 0.3 is 6.18 Å². The van der Waals surface area contributed by atoms with Crippen LogP contribution in [0.4, 0.5) is 19.0 Å². The van der Waals surface area contributed by atoms with Crippen molar-refractivity contribution < 1.29 is 18.0 Å². The van der Waals surface area contributed by atoms with Gasteiger partial charge in [-0.05, 0) is 37.8 Å². The number of rotatable bonds is 7. The number of carbonyl (C=O) groups excluding carboxylic acids is 1. The Balaban J connectivity index is 1.32. The van der Waals surface area contributed by atoms with E-state index in [2.05, 4.69) is 15.7 Å². The minimum atomic E-state index is -4.33. The van der Waals surface area contributed by atoms with Gasteiger partial charge in [0.2, 0.25) is 5.91 Å². The molecule has 2 aliphatic rings. The van der Waals surface area contributed by atoms with Crippen LogP contribution in [0.2, 0.25) is 0 Å². The standard InChI is InChI=1S/C23H30F3N5O/c1-2-18-12-20(23(24,25)26)31-21(28-18)13-19(29-31)17-9-11-30(14-17)15-22(32)27-10-8-16-6-4-3-5-7-16/h3-7,13,17-18,20,28H,2,8-12,14-15H2,1H3,(H,27,32)/t17-,18+,20+/m0/s1. The van der Waals surface area contributed by atoms with Crippen molar-refractivity contribution >= 4 is 11.7 Å². The minimum absolute atomic E-state index is 0.00589. The van der Waals surface area contributed by atoms with Crippen LogP contribution in [0.15, 0.2) is 36.4 Å². The van der Waals surface area contributed by atoms with E-state index in [1.165, 1.54) is 5.56 Å². The normalized spacial score (nSPS) is 23.6. The molecule has 0 bridgehead atoms. The molecule has 3 atom stereocenters. The Morgan fingerprint density at radius 2 is 2.06 bits per heavy atom. The molecule has 2 aliphatic heterocycles. The fraction of sp³-hybridized carbons (Fsp3) is 0.565. The lowest BCUT2D eigenvalue weighted by molar-refractivity contribution is -0.173. The molecule has 0 aliphatic carbocycles. The topological polar surface area (TPSA) is 62.2 Å². The molecule has 1 amide bonds. The van der Waals surface area contributed by atoms with Gasteiger partial charge < -0.3 is 10.6 Å². The molecular weight excluding hydrogens is 419 g/mol. The number of hydrogen-bond acceptors (Lipinski definition) is 4. The van der Waals surface area contributed by atoms with E-state index in [9.17, 15) is 18.0 Å². The second-order valence-corrected chi connectivity index (χ2v) is 8.75. The highest BCUT2D eigenvalue weighted by atomic mass is 19.4. The lowest BCUT2D eigenvalue weighted by Crippen LogP contribution is -2.38. The third-order valence-electron chi connectivity index (χ3n) is 6.42. The zero-order chi connectivity index (χ0) is 22.7. The first-order valence-electron chi connectivity index (χ1n) is 11.3. The molecule has 0 spiro atoms. The van der Waals surface area contributed by atoms with Gasteiger partial charge in [-0.1, -0.05) is 37.3 Å². The van der Waals surface area contributed by atoms with E-state index in [0.717, 1.165) is 24.1 Å². The Labute approximate surface area is 186 Å². The van der Waals surface area contributed by atoms with Crippen LogP contribution in [0, 0.1) is 0 Å². The summed E-state index contributed by atoms with van der Waals surface area (Å²) in [6.07, 6.45) is -2.14. The van der Waals surface area contributed by atoms with Crippen LogP contribution in [-0.2, 0) is 11.2 Å². The summed E-state index contributed by atoms with van der Waals surface area (Å²) < 4.78 is 41.9. The molecule has 3 heterocycles. The number of alkyl halides is 3. The second kappa shape index (κ2) is 9.52. The smallest absolute Gasteiger partial charge is 0.367 e. The number of carbonyl (C=O) groups is 1. The number of aromatic nitrogens is 2. The maximum absolute atomic E-state index is 13.6. The molecule has 174 valence electrons. The van der Waals surface area contributed by atoms with Crippen LogP contribution >= 0.6 is 0 Å². The van der Waals surface area contributed by atoms with Gasteiger partial charge in [-0.3, -0.25) is 9.69 Å². The van der Waals surface area contributed by atoms with Crippen LogP contribution in [0.3, 0.4) is 0 Å². The number of benzene rings is 1. The number of nitrogens with zero attached hydrogens (tertiary/aromatic N) is 3. The largest absolute Gasteiger partial charge is 0.410 e. The monoisotopic (exact) mass is 449 g/mol. The number of likely N-dealkylation sites (tertiary alicyclic amines) is 1. The number of amides is 1. The molecule has 32 heavy (non-hydrogen) atoms. The first kappa shape index (κ1) is 22.6. The molecule has 0 unspecified atom stereocenters. The van der Waals surface area contributed by atoms with Gasteiger partial charge in [-0.15, -0.1) is 0 Å². The molecule has 1 saturated heterocycles. The van der Waals surface area contributed by atoms with Gasteiger partial charge in [0.15, 0.2) is 6.04 Å². The first-order valence-corrected chi connectivity index (χ1v) is 11.3. The highest BCUT2D eigenvalue weighted by Crippen LogP contribution is 2.41. The van der Waals surface area contributed by atoms with E-state index in [1.54, 1.807) is 6.07 Å². The summed E-state index contributed by atoms with van der Waals surface area (Å²) in [5.41, 5.74) is 1.85. The van der Waals surface area contributed by atoms with E-state index >= 15 is 0 Å². The van der Waals surface area contributed by atoms with Crippen molar-refractivity contribution in [3.05, 3.63) is 47.7 Å². The van der Waals surface area contributed by atoms with E-state index in [4.69, 9.17) is 0 Å². The van der Waals surface area contributed by atoms with Crippen molar-refractivity contribution in [2.45, 2.75) is 56.8 Å². The molecule has 0 radical (unpaired) electrons. The first-order chi connectivity index (χ1) is 15.3. The van der Waals surface area contributed by atoms with Gasteiger partial charge in [-0.2, -0.15) is 18.3 Å². The van der Waals surface area contributed by atoms with Crippen molar-refractivity contribution in [2.75, 3.05) is 31.5 Å². The quantitative estimate of drug-likeness (QED) is 0.676. The fourth-order valence-electron chi connectivity index (χ4n) is 4.60. The molecule has 6 nitrogen and oxygen atoms in total. The van der Waals surface area contributed by atoms with Crippen molar-refractivity contribution in [1.82, 2.24) is 20.0 Å². The molecule has 2 aromatic rings. The van der Waals surface area contributed by atoms with Gasteiger partial charge in [0.25, 0.3) is 0 Å². The van der Waals surface area contributed by atoms with E-state index in [-0.39, 0.29) is 24.3 Å². The highest BCUT2D eigenvalue weighted by Gasteiger charge is 2.46. The van der Waals surface area contributed by atoms with Gasteiger partial charge in [-0.25, -0.2) is 4.68 Å². The maximum atomic E-state index is 13.6. The van der Waals surface area contributed by atoms with Crippen LogP contribution in [0.5, 0.6) is 0 Å². The number of fused-ring (bicyclic) bond motifs is 1. The summed E-state index contributed by atoms with van der Waals surface area (Å²) in [4.78, 5) is 14.4. The molecule has 4 rings (SSSR count). The summed E-state index contributed by atoms with van der Waals surface area (Å²) in [5.74, 6) is 0.439. The summed E-state index contributed by atoms with van der Waals surface area (Å²) >= 11 is 0. The molecule has 9 heteroatoms. The van der Waals surface area contributed by atoms with Crippen LogP contribution < -0.4 is 10.6 Å². The SMILES string of the molecule is CC[C@@H]1C[C@H](C(F)(F)F)n2nc([C@H]3CCN(CC(=O)NCCc4ccccc4)C3)cc2N1. The van der Waals surface area contributed by atoms with Crippen LogP contribution in [0.25, 0.3) is 0 Å². The van der Waals surface area contributed by atoms with Gasteiger partial charge in [0, 0.05) is 31.1 Å². The minimum Gasteiger partial charge on any atom is -0.367 e. The van der Waals surface area contributed by atoms with Crippen molar-refractivity contribution in [2.24, 2.45) is 0 Å². The Morgan fingerprint density at radius 1 is 1.28 bits per heavy atom. The third kappa shape index (κ3) is 5.26. The van der Waals surface area contributed by atoms with Crippen LogP contribution in [-0.4, -0.2) is 59.0 Å². The van der Waals surface area contributed by atoms with Gasteiger partial charge in [0.1, 0.15) is 5.82 Å². The Bertz CT molecular complexity index is 914. The number of anilines is 1. The third-order valence-corrected chi connectivity index (χ3v) is 6.42. The molecule has 1 aromatic carbocycles. The number of halogens is 3. The van der Waals surface area contributed by atoms with Crippen molar-refractivity contribution in [3.8, 4) is 0 Å². The molecular formula is C23H30F3N5O. The average molecular weight is 450 g/mol. The summed E-state index contributed by atoms with van der Waals surface area (Å²) in [7, 11) is 0. The summed E-state index contributed by atoms with van der Waals surface area (Å²) in [5, 5.41) is 10.5. The Kier molecular flexibility index (Phi) is 6.74. The van der Waals surface area contributed by atoms with E-state index in [1.807, 2.05) is 42.2 Å². The van der Waals surface area contributed by atoms with Crippen molar-refractivity contribution in [1.29, 1.82) is 0 Å². The van der Waals surface area contributed by atoms with Crippen LogP contribution in [0.1, 0.15) is 49.4 Å². The molecule has 1 fully saturated rings. The predicted molar refractivity (Wildman–Crippen MR) is 117 cm³/mol. The van der Waals surface area contributed by atoms with Crippen molar-refractivity contribution in [3.63, 3.8) is 0 Å².